The predicted octanol–water partition coefficient (Wildman–Crippen LogP) is 2.96. The number of aliphatic hydroxyl groups excluding tert-OH is 1. The van der Waals surface area contributed by atoms with E-state index in [9.17, 15) is 19.5 Å². The molecule has 5 unspecified atom stereocenters. The highest BCUT2D eigenvalue weighted by Crippen LogP contribution is 2.70. The van der Waals surface area contributed by atoms with Crippen LogP contribution in [0.5, 0.6) is 0 Å². The summed E-state index contributed by atoms with van der Waals surface area (Å²) in [6.45, 7) is 4.33. The first-order valence-corrected chi connectivity index (χ1v) is 11.4. The molecule has 1 heterocycles. The summed E-state index contributed by atoms with van der Waals surface area (Å²) in [6.07, 6.45) is 6.34. The molecule has 1 aliphatic heterocycles. The Hall–Kier alpha value is -1.69. The first-order chi connectivity index (χ1) is 14.1. The molecule has 6 heteroatoms. The molecule has 6 nitrogen and oxygen atoms in total. The Morgan fingerprint density at radius 1 is 1.20 bits per heavy atom. The zero-order chi connectivity index (χ0) is 21.5. The Balaban J connectivity index is 1.63. The van der Waals surface area contributed by atoms with E-state index in [4.69, 9.17) is 9.47 Å². The number of Topliss-reactive ketones (excluding diaryl/α,β-unsaturated/α-hetero) is 1. The lowest BCUT2D eigenvalue weighted by Crippen LogP contribution is -2.62. The van der Waals surface area contributed by atoms with Crippen LogP contribution in [0.15, 0.2) is 11.6 Å². The molecule has 0 aromatic heterocycles. The van der Waals surface area contributed by atoms with E-state index in [1.165, 1.54) is 7.11 Å². The quantitative estimate of drug-likeness (QED) is 0.522. The summed E-state index contributed by atoms with van der Waals surface area (Å²) in [7, 11) is 1.41. The average Bonchev–Trinajstić information content (AvgIpc) is 3.21. The lowest BCUT2D eigenvalue weighted by atomic mass is 9.44. The normalized spacial score (nSPS) is 49.7. The highest BCUT2D eigenvalue weighted by Gasteiger charge is 2.70. The van der Waals surface area contributed by atoms with E-state index in [1.54, 1.807) is 0 Å². The number of carbonyl (C=O) groups excluding carboxylic acids is 3. The van der Waals surface area contributed by atoms with Crippen molar-refractivity contribution in [3.05, 3.63) is 11.6 Å². The van der Waals surface area contributed by atoms with Gasteiger partial charge in [0.15, 0.2) is 0 Å². The van der Waals surface area contributed by atoms with Crippen molar-refractivity contribution >= 4 is 17.7 Å². The van der Waals surface area contributed by atoms with Gasteiger partial charge in [-0.15, -0.1) is 0 Å². The van der Waals surface area contributed by atoms with Crippen molar-refractivity contribution in [3.63, 3.8) is 0 Å². The van der Waals surface area contributed by atoms with Crippen molar-refractivity contribution in [2.75, 3.05) is 7.11 Å². The minimum absolute atomic E-state index is 0.0770. The summed E-state index contributed by atoms with van der Waals surface area (Å²) in [5, 5.41) is 11.6. The highest BCUT2D eigenvalue weighted by molar-refractivity contribution is 5.84. The summed E-state index contributed by atoms with van der Waals surface area (Å²) in [6, 6.07) is 0. The topological polar surface area (TPSA) is 89.9 Å². The van der Waals surface area contributed by atoms with Gasteiger partial charge in [0.2, 0.25) is 0 Å². The van der Waals surface area contributed by atoms with Crippen molar-refractivity contribution < 1.29 is 29.0 Å². The second-order valence-electron chi connectivity index (χ2n) is 10.8. The van der Waals surface area contributed by atoms with Gasteiger partial charge in [0.05, 0.1) is 19.1 Å². The van der Waals surface area contributed by atoms with Crippen LogP contribution in [0.3, 0.4) is 0 Å². The molecule has 8 atom stereocenters. The largest absolute Gasteiger partial charge is 0.469 e. The van der Waals surface area contributed by atoms with Crippen LogP contribution < -0.4 is 0 Å². The van der Waals surface area contributed by atoms with Crippen LogP contribution >= 0.6 is 0 Å². The van der Waals surface area contributed by atoms with Crippen molar-refractivity contribution in [1.82, 2.24) is 0 Å². The number of hydrogen-bond donors (Lipinski definition) is 1. The Labute approximate surface area is 177 Å². The standard InChI is InChI=1S/C24H32O6/c1-22-7-4-14(25)10-13(22)11-15(21(28)29-3)19-16-5-8-24(9-6-18(27)30-24)23(16,2)12-17(26)20(19)22/h11,15-17,19-20,26H,4-10,12H2,1-3H3/t15-,16?,17-,19?,20?,22?,23?,24-/m1/s1. The zero-order valence-electron chi connectivity index (χ0n) is 18.1. The number of allylic oxidation sites excluding steroid dienone is 1. The smallest absolute Gasteiger partial charge is 0.312 e. The number of rotatable bonds is 1. The number of carbonyl (C=O) groups is 3. The molecule has 0 bridgehead atoms. The van der Waals surface area contributed by atoms with Gasteiger partial charge in [-0.05, 0) is 55.3 Å². The monoisotopic (exact) mass is 416 g/mol. The van der Waals surface area contributed by atoms with Crippen molar-refractivity contribution in [2.24, 2.45) is 34.5 Å². The number of methoxy groups -OCH3 is 1. The molecule has 5 rings (SSSR count). The average molecular weight is 417 g/mol. The van der Waals surface area contributed by atoms with Gasteiger partial charge in [0, 0.05) is 24.7 Å². The Morgan fingerprint density at radius 2 is 1.97 bits per heavy atom. The van der Waals surface area contributed by atoms with E-state index in [-0.39, 0.29) is 46.3 Å². The van der Waals surface area contributed by atoms with E-state index in [1.807, 2.05) is 6.08 Å². The molecule has 5 aliphatic rings. The van der Waals surface area contributed by atoms with Crippen LogP contribution in [0, 0.1) is 34.5 Å². The first kappa shape index (κ1) is 20.2. The molecule has 4 fully saturated rings. The molecular weight excluding hydrogens is 384 g/mol. The van der Waals surface area contributed by atoms with Crippen LogP contribution in [-0.4, -0.2) is 41.6 Å². The molecule has 164 valence electrons. The third kappa shape index (κ3) is 2.43. The lowest BCUT2D eigenvalue weighted by molar-refractivity contribution is -0.192. The minimum atomic E-state index is -0.611. The number of ether oxygens (including phenoxy) is 2. The van der Waals surface area contributed by atoms with E-state index in [0.29, 0.717) is 38.5 Å². The molecule has 0 aromatic carbocycles. The fraction of sp³-hybridized carbons (Fsp3) is 0.792. The SMILES string of the molecule is COC(=O)[C@@H]1C=C2CC(=O)CCC2(C)C2C1C1CC[C@@]3(CCC(=O)O3)C1(C)C[C@H]2O. The first-order valence-electron chi connectivity index (χ1n) is 11.4. The van der Waals surface area contributed by atoms with E-state index in [2.05, 4.69) is 13.8 Å². The molecule has 1 spiro atoms. The molecule has 4 aliphatic carbocycles. The molecule has 1 N–H and O–H groups in total. The van der Waals surface area contributed by atoms with Gasteiger partial charge in [0.1, 0.15) is 11.4 Å². The third-order valence-corrected chi connectivity index (χ3v) is 9.74. The number of aliphatic hydroxyl groups is 1. The molecule has 0 amide bonds. The van der Waals surface area contributed by atoms with Gasteiger partial charge in [-0.2, -0.15) is 0 Å². The van der Waals surface area contributed by atoms with Crippen LogP contribution in [-0.2, 0) is 23.9 Å². The molecule has 0 radical (unpaired) electrons. The fourth-order valence-electron chi connectivity index (χ4n) is 8.26. The minimum Gasteiger partial charge on any atom is -0.469 e. The Bertz CT molecular complexity index is 847. The van der Waals surface area contributed by atoms with Crippen LogP contribution in [0.1, 0.15) is 65.2 Å². The van der Waals surface area contributed by atoms with Gasteiger partial charge < -0.3 is 14.6 Å². The second kappa shape index (κ2) is 6.41. The number of fused-ring (bicyclic) bond motifs is 6. The molecule has 30 heavy (non-hydrogen) atoms. The fourth-order valence-corrected chi connectivity index (χ4v) is 8.26. The summed E-state index contributed by atoms with van der Waals surface area (Å²) in [4.78, 5) is 37.2. The maximum Gasteiger partial charge on any atom is 0.312 e. The van der Waals surface area contributed by atoms with E-state index in [0.717, 1.165) is 18.4 Å². The number of ketones is 1. The van der Waals surface area contributed by atoms with Gasteiger partial charge in [-0.1, -0.05) is 25.5 Å². The molecule has 0 aromatic rings. The van der Waals surface area contributed by atoms with E-state index >= 15 is 0 Å². The van der Waals surface area contributed by atoms with Crippen LogP contribution in [0.25, 0.3) is 0 Å². The summed E-state index contributed by atoms with van der Waals surface area (Å²) in [5.74, 6) is -0.728. The van der Waals surface area contributed by atoms with Crippen molar-refractivity contribution in [2.45, 2.75) is 76.9 Å². The third-order valence-electron chi connectivity index (χ3n) is 9.74. The summed E-state index contributed by atoms with van der Waals surface area (Å²) in [5.41, 5.74) is -0.183. The lowest BCUT2D eigenvalue weighted by Gasteiger charge is -2.61. The Morgan fingerprint density at radius 3 is 2.63 bits per heavy atom. The summed E-state index contributed by atoms with van der Waals surface area (Å²) >= 11 is 0. The van der Waals surface area contributed by atoms with Gasteiger partial charge in [0.25, 0.3) is 0 Å². The van der Waals surface area contributed by atoms with Gasteiger partial charge in [-0.25, -0.2) is 0 Å². The van der Waals surface area contributed by atoms with Crippen LogP contribution in [0.4, 0.5) is 0 Å². The highest BCUT2D eigenvalue weighted by atomic mass is 16.6. The molecule has 1 saturated heterocycles. The maximum absolute atomic E-state index is 12.9. The van der Waals surface area contributed by atoms with E-state index < -0.39 is 17.6 Å². The number of hydrogen-bond acceptors (Lipinski definition) is 6. The number of esters is 2. The summed E-state index contributed by atoms with van der Waals surface area (Å²) < 4.78 is 11.1. The van der Waals surface area contributed by atoms with Gasteiger partial charge in [-0.3, -0.25) is 14.4 Å². The molecule has 3 saturated carbocycles. The second-order valence-corrected chi connectivity index (χ2v) is 10.8. The maximum atomic E-state index is 12.9. The molecular formula is C24H32O6. The Kier molecular flexibility index (Phi) is 4.32. The van der Waals surface area contributed by atoms with Crippen molar-refractivity contribution in [1.29, 1.82) is 0 Å². The zero-order valence-corrected chi connectivity index (χ0v) is 18.1. The van der Waals surface area contributed by atoms with Crippen LogP contribution in [0.2, 0.25) is 0 Å². The van der Waals surface area contributed by atoms with Crippen molar-refractivity contribution in [3.8, 4) is 0 Å². The predicted molar refractivity (Wildman–Crippen MR) is 107 cm³/mol. The van der Waals surface area contributed by atoms with Gasteiger partial charge >= 0.3 is 11.9 Å².